The maximum absolute atomic E-state index is 13.0. The number of para-hydroxylation sites is 2. The molecule has 1 aromatic heterocycles. The number of hydrogen-bond donors (Lipinski definition) is 1. The van der Waals surface area contributed by atoms with Crippen LogP contribution in [0, 0.1) is 6.92 Å². The topological polar surface area (TPSA) is 95.1 Å². The fourth-order valence-electron chi connectivity index (χ4n) is 4.83. The Morgan fingerprint density at radius 1 is 1.05 bits per heavy atom. The zero-order valence-corrected chi connectivity index (χ0v) is 23.8. The molecular weight excluding hydrogens is 526 g/mol. The first-order valence-corrected chi connectivity index (χ1v) is 14.7. The highest BCUT2D eigenvalue weighted by Crippen LogP contribution is 2.30. The Morgan fingerprint density at radius 2 is 1.77 bits per heavy atom. The summed E-state index contributed by atoms with van der Waals surface area (Å²) in [5.41, 5.74) is 3.34. The third kappa shape index (κ3) is 6.80. The molecule has 0 bridgehead atoms. The summed E-state index contributed by atoms with van der Waals surface area (Å²) >= 11 is 1.29. The molecular formula is C30H35N5O4S. The number of thiazole rings is 1. The molecule has 210 valence electrons. The van der Waals surface area contributed by atoms with Crippen molar-refractivity contribution in [3.63, 3.8) is 0 Å². The van der Waals surface area contributed by atoms with Gasteiger partial charge in [-0.05, 0) is 51.0 Å². The van der Waals surface area contributed by atoms with Gasteiger partial charge in [0.2, 0.25) is 11.8 Å². The summed E-state index contributed by atoms with van der Waals surface area (Å²) in [7, 11) is 0. The van der Waals surface area contributed by atoms with Crippen molar-refractivity contribution in [3.05, 3.63) is 70.7 Å². The molecule has 0 atom stereocenters. The summed E-state index contributed by atoms with van der Waals surface area (Å²) in [5.74, 6) is 0.457. The number of piperazine rings is 1. The molecule has 0 radical (unpaired) electrons. The normalized spacial score (nSPS) is 15.1. The molecule has 2 heterocycles. The molecule has 2 fully saturated rings. The molecule has 1 N–H and O–H groups in total. The number of carbonyl (C=O) groups excluding carboxylic acids is 3. The Kier molecular flexibility index (Phi) is 8.64. The zero-order valence-electron chi connectivity index (χ0n) is 23.0. The summed E-state index contributed by atoms with van der Waals surface area (Å²) in [6, 6.07) is 15.5. The standard InChI is InChI=1S/C30H35N5O4S/c1-3-39-26-7-5-4-6-25(26)33-14-16-34(17-15-33)28(37)18-23-20-40-30(31-23)32-27(36)19-35(24-12-13-24)29(38)22-10-8-21(2)9-11-22/h4-11,20,24H,3,12-19H2,1-2H3,(H,31,32,36). The van der Waals surface area contributed by atoms with Gasteiger partial charge in [-0.2, -0.15) is 0 Å². The average Bonchev–Trinajstić information content (AvgIpc) is 3.72. The van der Waals surface area contributed by atoms with Crippen LogP contribution < -0.4 is 15.0 Å². The maximum Gasteiger partial charge on any atom is 0.254 e. The zero-order chi connectivity index (χ0) is 28.1. The maximum atomic E-state index is 13.0. The van der Waals surface area contributed by atoms with E-state index in [1.54, 1.807) is 22.4 Å². The second-order valence-corrected chi connectivity index (χ2v) is 11.0. The Hall–Kier alpha value is -3.92. The SMILES string of the molecule is CCOc1ccccc1N1CCN(C(=O)Cc2csc(NC(=O)CN(C(=O)c3ccc(C)cc3)C3CC3)n2)CC1. The van der Waals surface area contributed by atoms with Crippen LogP contribution in [0.2, 0.25) is 0 Å². The number of nitrogens with zero attached hydrogens (tertiary/aromatic N) is 4. The second kappa shape index (κ2) is 12.5. The molecule has 1 aliphatic carbocycles. The third-order valence-electron chi connectivity index (χ3n) is 7.13. The van der Waals surface area contributed by atoms with Crippen LogP contribution in [-0.4, -0.2) is 77.9 Å². The summed E-state index contributed by atoms with van der Waals surface area (Å²) in [4.78, 5) is 49.0. The number of aryl methyl sites for hydroxylation is 1. The van der Waals surface area contributed by atoms with Gasteiger partial charge in [-0.3, -0.25) is 14.4 Å². The molecule has 0 spiro atoms. The lowest BCUT2D eigenvalue weighted by molar-refractivity contribution is -0.130. The number of benzene rings is 2. The number of hydrogen-bond acceptors (Lipinski definition) is 7. The van der Waals surface area contributed by atoms with Crippen molar-refractivity contribution < 1.29 is 19.1 Å². The van der Waals surface area contributed by atoms with Crippen LogP contribution in [0.4, 0.5) is 10.8 Å². The van der Waals surface area contributed by atoms with E-state index >= 15 is 0 Å². The van der Waals surface area contributed by atoms with Gasteiger partial charge in [-0.15, -0.1) is 11.3 Å². The van der Waals surface area contributed by atoms with Crippen molar-refractivity contribution in [1.29, 1.82) is 0 Å². The van der Waals surface area contributed by atoms with Crippen LogP contribution in [0.5, 0.6) is 5.75 Å². The van der Waals surface area contributed by atoms with Crippen LogP contribution in [-0.2, 0) is 16.0 Å². The minimum Gasteiger partial charge on any atom is -0.492 e. The predicted molar refractivity (Wildman–Crippen MR) is 156 cm³/mol. The fraction of sp³-hybridized carbons (Fsp3) is 0.400. The van der Waals surface area contributed by atoms with E-state index in [2.05, 4.69) is 21.3 Å². The highest BCUT2D eigenvalue weighted by molar-refractivity contribution is 7.13. The second-order valence-electron chi connectivity index (χ2n) is 10.2. The van der Waals surface area contributed by atoms with Gasteiger partial charge in [0.05, 0.1) is 24.4 Å². The number of anilines is 2. The van der Waals surface area contributed by atoms with Crippen molar-refractivity contribution in [2.24, 2.45) is 0 Å². The summed E-state index contributed by atoms with van der Waals surface area (Å²) < 4.78 is 5.77. The molecule has 9 nitrogen and oxygen atoms in total. The van der Waals surface area contributed by atoms with E-state index in [1.807, 2.05) is 49.1 Å². The van der Waals surface area contributed by atoms with Gasteiger partial charge < -0.3 is 24.8 Å². The van der Waals surface area contributed by atoms with Crippen LogP contribution in [0.3, 0.4) is 0 Å². The molecule has 5 rings (SSSR count). The number of rotatable bonds is 10. The Bertz CT molecular complexity index is 1350. The predicted octanol–water partition coefficient (Wildman–Crippen LogP) is 3.98. The molecule has 1 saturated heterocycles. The Labute approximate surface area is 238 Å². The van der Waals surface area contributed by atoms with Gasteiger partial charge in [0.15, 0.2) is 5.13 Å². The molecule has 1 saturated carbocycles. The smallest absolute Gasteiger partial charge is 0.254 e. The van der Waals surface area contributed by atoms with Crippen molar-refractivity contribution in [3.8, 4) is 5.75 Å². The molecule has 2 aromatic carbocycles. The van der Waals surface area contributed by atoms with E-state index in [1.165, 1.54) is 11.3 Å². The van der Waals surface area contributed by atoms with Gasteiger partial charge in [0.1, 0.15) is 12.3 Å². The van der Waals surface area contributed by atoms with Crippen molar-refractivity contribution in [2.75, 3.05) is 49.5 Å². The first-order valence-electron chi connectivity index (χ1n) is 13.8. The largest absolute Gasteiger partial charge is 0.492 e. The lowest BCUT2D eigenvalue weighted by Gasteiger charge is -2.36. The number of aromatic nitrogens is 1. The number of amides is 3. The van der Waals surface area contributed by atoms with Crippen LogP contribution in [0.1, 0.15) is 41.4 Å². The molecule has 3 amide bonds. The van der Waals surface area contributed by atoms with E-state index in [4.69, 9.17) is 4.74 Å². The first kappa shape index (κ1) is 27.6. The van der Waals surface area contributed by atoms with Crippen LogP contribution in [0.15, 0.2) is 53.9 Å². The Morgan fingerprint density at radius 3 is 2.48 bits per heavy atom. The van der Waals surface area contributed by atoms with E-state index in [0.29, 0.717) is 36.1 Å². The van der Waals surface area contributed by atoms with Crippen molar-refractivity contribution in [2.45, 2.75) is 39.2 Å². The van der Waals surface area contributed by atoms with Crippen LogP contribution in [0.25, 0.3) is 0 Å². The average molecular weight is 562 g/mol. The monoisotopic (exact) mass is 561 g/mol. The lowest BCUT2D eigenvalue weighted by atomic mass is 10.1. The van der Waals surface area contributed by atoms with Gasteiger partial charge in [0.25, 0.3) is 5.91 Å². The van der Waals surface area contributed by atoms with Crippen molar-refractivity contribution >= 4 is 39.9 Å². The summed E-state index contributed by atoms with van der Waals surface area (Å²) in [6.45, 7) is 7.23. The fourth-order valence-corrected chi connectivity index (χ4v) is 5.56. The molecule has 10 heteroatoms. The number of nitrogens with one attached hydrogen (secondary N) is 1. The quantitative estimate of drug-likeness (QED) is 0.402. The summed E-state index contributed by atoms with van der Waals surface area (Å²) in [5, 5.41) is 5.05. The van der Waals surface area contributed by atoms with E-state index in [0.717, 1.165) is 42.9 Å². The third-order valence-corrected chi connectivity index (χ3v) is 7.94. The molecule has 1 aliphatic heterocycles. The Balaban J connectivity index is 1.11. The number of carbonyl (C=O) groups is 3. The van der Waals surface area contributed by atoms with Crippen molar-refractivity contribution in [1.82, 2.24) is 14.8 Å². The molecule has 3 aromatic rings. The molecule has 2 aliphatic rings. The first-order chi connectivity index (χ1) is 19.4. The van der Waals surface area contributed by atoms with E-state index in [-0.39, 0.29) is 36.7 Å². The molecule has 0 unspecified atom stereocenters. The summed E-state index contributed by atoms with van der Waals surface area (Å²) in [6.07, 6.45) is 1.99. The minimum absolute atomic E-state index is 0.0181. The van der Waals surface area contributed by atoms with E-state index in [9.17, 15) is 14.4 Å². The van der Waals surface area contributed by atoms with Gasteiger partial charge in [-0.25, -0.2) is 4.98 Å². The minimum atomic E-state index is -0.289. The number of ether oxygens (including phenoxy) is 1. The van der Waals surface area contributed by atoms with Gasteiger partial charge >= 0.3 is 0 Å². The van der Waals surface area contributed by atoms with Gasteiger partial charge in [-0.1, -0.05) is 29.8 Å². The lowest BCUT2D eigenvalue weighted by Crippen LogP contribution is -2.49. The molecule has 40 heavy (non-hydrogen) atoms. The van der Waals surface area contributed by atoms with E-state index < -0.39 is 0 Å². The highest BCUT2D eigenvalue weighted by atomic mass is 32.1. The van der Waals surface area contributed by atoms with Crippen LogP contribution >= 0.6 is 11.3 Å². The van der Waals surface area contributed by atoms with Gasteiger partial charge in [0, 0.05) is 43.2 Å². The highest BCUT2D eigenvalue weighted by Gasteiger charge is 2.34.